The molecule has 0 amide bonds. The molecule has 1 aromatic carbocycles. The Morgan fingerprint density at radius 1 is 1.38 bits per heavy atom. The van der Waals surface area contributed by atoms with Crippen LogP contribution < -0.4 is 10.5 Å². The third kappa shape index (κ3) is 3.58. The van der Waals surface area contributed by atoms with Gasteiger partial charge in [0.25, 0.3) is 0 Å². The molecule has 1 aliphatic rings. The maximum atomic E-state index is 10.9. The van der Waals surface area contributed by atoms with E-state index in [4.69, 9.17) is 10.5 Å². The van der Waals surface area contributed by atoms with E-state index < -0.39 is 6.10 Å². The SMILES string of the molecule is CCCC1CCC(CN)(C(O)c2cccc(OC)c2)CC1. The molecule has 118 valence electrons. The molecule has 0 spiro atoms. The standard InChI is InChI=1S/C18H29NO2/c1-3-5-14-8-10-18(13-19,11-9-14)17(20)15-6-4-7-16(12-15)21-2/h4,6-7,12,14,17,20H,3,5,8-11,13,19H2,1-2H3. The van der Waals surface area contributed by atoms with Crippen LogP contribution in [0.4, 0.5) is 0 Å². The molecule has 1 aromatic rings. The zero-order valence-corrected chi connectivity index (χ0v) is 13.3. The topological polar surface area (TPSA) is 55.5 Å². The van der Waals surface area contributed by atoms with Gasteiger partial charge < -0.3 is 15.6 Å². The lowest BCUT2D eigenvalue weighted by atomic mass is 9.65. The average Bonchev–Trinajstić information content (AvgIpc) is 2.55. The predicted octanol–water partition coefficient (Wildman–Crippen LogP) is 3.66. The number of methoxy groups -OCH3 is 1. The summed E-state index contributed by atoms with van der Waals surface area (Å²) in [4.78, 5) is 0. The zero-order chi connectivity index (χ0) is 15.3. The van der Waals surface area contributed by atoms with Crippen LogP contribution in [0.3, 0.4) is 0 Å². The number of rotatable bonds is 6. The van der Waals surface area contributed by atoms with Crippen LogP contribution in [-0.4, -0.2) is 18.8 Å². The molecule has 0 saturated heterocycles. The van der Waals surface area contributed by atoms with Crippen molar-refractivity contribution < 1.29 is 9.84 Å². The van der Waals surface area contributed by atoms with Crippen molar-refractivity contribution >= 4 is 0 Å². The second-order valence-corrected chi connectivity index (χ2v) is 6.48. The Morgan fingerprint density at radius 2 is 2.10 bits per heavy atom. The van der Waals surface area contributed by atoms with Crippen LogP contribution in [0, 0.1) is 11.3 Å². The van der Waals surface area contributed by atoms with Crippen LogP contribution in [0.2, 0.25) is 0 Å². The normalized spacial score (nSPS) is 27.3. The first kappa shape index (κ1) is 16.3. The van der Waals surface area contributed by atoms with Crippen LogP contribution in [-0.2, 0) is 0 Å². The van der Waals surface area contributed by atoms with E-state index in [2.05, 4.69) is 6.92 Å². The fourth-order valence-electron chi connectivity index (χ4n) is 3.70. The van der Waals surface area contributed by atoms with Crippen LogP contribution in [0.5, 0.6) is 5.75 Å². The number of hydrogen-bond donors (Lipinski definition) is 2. The third-order valence-electron chi connectivity index (χ3n) is 5.19. The quantitative estimate of drug-likeness (QED) is 0.841. The van der Waals surface area contributed by atoms with E-state index in [0.29, 0.717) is 6.54 Å². The van der Waals surface area contributed by atoms with Gasteiger partial charge in [-0.25, -0.2) is 0 Å². The summed E-state index contributed by atoms with van der Waals surface area (Å²) in [6.07, 6.45) is 6.46. The average molecular weight is 291 g/mol. The van der Waals surface area contributed by atoms with E-state index in [1.165, 1.54) is 25.7 Å². The number of aliphatic hydroxyl groups excluding tert-OH is 1. The number of ether oxygens (including phenoxy) is 1. The minimum atomic E-state index is -0.500. The Balaban J connectivity index is 2.13. The van der Waals surface area contributed by atoms with Gasteiger partial charge in [0.1, 0.15) is 5.75 Å². The lowest BCUT2D eigenvalue weighted by molar-refractivity contribution is -0.0109. The van der Waals surface area contributed by atoms with Gasteiger partial charge in [0.2, 0.25) is 0 Å². The van der Waals surface area contributed by atoms with Crippen molar-refractivity contribution in [3.8, 4) is 5.75 Å². The Morgan fingerprint density at radius 3 is 2.67 bits per heavy atom. The fourth-order valence-corrected chi connectivity index (χ4v) is 3.70. The lowest BCUT2D eigenvalue weighted by Crippen LogP contribution is -2.40. The molecule has 1 unspecified atom stereocenters. The van der Waals surface area contributed by atoms with Crippen molar-refractivity contribution in [1.82, 2.24) is 0 Å². The van der Waals surface area contributed by atoms with Gasteiger partial charge in [-0.05, 0) is 49.3 Å². The second-order valence-electron chi connectivity index (χ2n) is 6.48. The van der Waals surface area contributed by atoms with Crippen LogP contribution >= 0.6 is 0 Å². The molecule has 0 heterocycles. The lowest BCUT2D eigenvalue weighted by Gasteiger charge is -2.43. The van der Waals surface area contributed by atoms with Crippen molar-refractivity contribution in [3.63, 3.8) is 0 Å². The van der Waals surface area contributed by atoms with Gasteiger partial charge in [-0.3, -0.25) is 0 Å². The molecule has 0 bridgehead atoms. The summed E-state index contributed by atoms with van der Waals surface area (Å²) in [5.41, 5.74) is 6.83. The van der Waals surface area contributed by atoms with E-state index in [1.54, 1.807) is 7.11 Å². The van der Waals surface area contributed by atoms with Gasteiger partial charge in [-0.15, -0.1) is 0 Å². The van der Waals surface area contributed by atoms with Crippen molar-refractivity contribution in [2.75, 3.05) is 13.7 Å². The Labute approximate surface area is 128 Å². The number of aliphatic hydroxyl groups is 1. The molecule has 1 atom stereocenters. The summed E-state index contributed by atoms with van der Waals surface area (Å²) in [6, 6.07) is 7.75. The number of hydrogen-bond acceptors (Lipinski definition) is 3. The Bertz CT molecular complexity index is 439. The largest absolute Gasteiger partial charge is 0.497 e. The van der Waals surface area contributed by atoms with E-state index >= 15 is 0 Å². The fraction of sp³-hybridized carbons (Fsp3) is 0.667. The minimum Gasteiger partial charge on any atom is -0.497 e. The van der Waals surface area contributed by atoms with E-state index in [9.17, 15) is 5.11 Å². The maximum absolute atomic E-state index is 10.9. The molecule has 0 aliphatic heterocycles. The molecule has 3 N–H and O–H groups in total. The van der Waals surface area contributed by atoms with E-state index in [1.807, 2.05) is 24.3 Å². The highest BCUT2D eigenvalue weighted by Crippen LogP contribution is 2.48. The van der Waals surface area contributed by atoms with Crippen molar-refractivity contribution in [2.24, 2.45) is 17.1 Å². The highest BCUT2D eigenvalue weighted by molar-refractivity contribution is 5.31. The molecular formula is C18H29NO2. The van der Waals surface area contributed by atoms with Gasteiger partial charge in [0, 0.05) is 12.0 Å². The van der Waals surface area contributed by atoms with Gasteiger partial charge in [0.05, 0.1) is 13.2 Å². The molecular weight excluding hydrogens is 262 g/mol. The van der Waals surface area contributed by atoms with Crippen LogP contribution in [0.25, 0.3) is 0 Å². The second kappa shape index (κ2) is 7.28. The summed E-state index contributed by atoms with van der Waals surface area (Å²) in [5.74, 6) is 1.60. The minimum absolute atomic E-state index is 0.170. The molecule has 3 heteroatoms. The summed E-state index contributed by atoms with van der Waals surface area (Å²) in [6.45, 7) is 2.79. The molecule has 2 rings (SSSR count). The van der Waals surface area contributed by atoms with Gasteiger partial charge in [-0.1, -0.05) is 31.9 Å². The van der Waals surface area contributed by atoms with Gasteiger partial charge in [-0.2, -0.15) is 0 Å². The van der Waals surface area contributed by atoms with Crippen LogP contribution in [0.1, 0.15) is 57.1 Å². The monoisotopic (exact) mass is 291 g/mol. The molecule has 0 aromatic heterocycles. The highest BCUT2D eigenvalue weighted by atomic mass is 16.5. The molecule has 1 saturated carbocycles. The highest BCUT2D eigenvalue weighted by Gasteiger charge is 2.40. The van der Waals surface area contributed by atoms with Crippen molar-refractivity contribution in [1.29, 1.82) is 0 Å². The van der Waals surface area contributed by atoms with Crippen molar-refractivity contribution in [3.05, 3.63) is 29.8 Å². The molecule has 0 radical (unpaired) electrons. The van der Waals surface area contributed by atoms with Crippen LogP contribution in [0.15, 0.2) is 24.3 Å². The summed E-state index contributed by atoms with van der Waals surface area (Å²) in [5, 5.41) is 10.9. The summed E-state index contributed by atoms with van der Waals surface area (Å²) < 4.78 is 5.27. The summed E-state index contributed by atoms with van der Waals surface area (Å²) in [7, 11) is 1.65. The van der Waals surface area contributed by atoms with Crippen molar-refractivity contribution in [2.45, 2.75) is 51.6 Å². The summed E-state index contributed by atoms with van der Waals surface area (Å²) >= 11 is 0. The molecule has 1 fully saturated rings. The first-order valence-electron chi connectivity index (χ1n) is 8.17. The maximum Gasteiger partial charge on any atom is 0.119 e. The first-order valence-corrected chi connectivity index (χ1v) is 8.17. The smallest absolute Gasteiger partial charge is 0.119 e. The third-order valence-corrected chi connectivity index (χ3v) is 5.19. The van der Waals surface area contributed by atoms with E-state index in [0.717, 1.165) is 30.1 Å². The van der Waals surface area contributed by atoms with Gasteiger partial charge in [0.15, 0.2) is 0 Å². The van der Waals surface area contributed by atoms with Gasteiger partial charge >= 0.3 is 0 Å². The molecule has 1 aliphatic carbocycles. The Kier molecular flexibility index (Phi) is 5.65. The zero-order valence-electron chi connectivity index (χ0n) is 13.3. The predicted molar refractivity (Wildman–Crippen MR) is 86.3 cm³/mol. The number of benzene rings is 1. The number of nitrogens with two attached hydrogens (primary N) is 1. The van der Waals surface area contributed by atoms with E-state index in [-0.39, 0.29) is 5.41 Å². The first-order chi connectivity index (χ1) is 10.1. The molecule has 21 heavy (non-hydrogen) atoms. The Hall–Kier alpha value is -1.06. The molecule has 3 nitrogen and oxygen atoms in total.